The van der Waals surface area contributed by atoms with E-state index in [0.29, 0.717) is 69.1 Å². The van der Waals surface area contributed by atoms with Crippen LogP contribution in [0.2, 0.25) is 0 Å². The Morgan fingerprint density at radius 2 is 1.41 bits per heavy atom. The highest BCUT2D eigenvalue weighted by molar-refractivity contribution is 5.97. The molecule has 3 aromatic rings. The van der Waals surface area contributed by atoms with Gasteiger partial charge in [0.05, 0.1) is 34.1 Å². The molecular weight excluding hydrogens is 440 g/mol. The van der Waals surface area contributed by atoms with Gasteiger partial charge in [-0.25, -0.2) is 0 Å². The Labute approximate surface area is 195 Å². The number of nitro groups is 2. The van der Waals surface area contributed by atoms with Gasteiger partial charge in [0.1, 0.15) is 11.2 Å². The van der Waals surface area contributed by atoms with Gasteiger partial charge in [0.2, 0.25) is 0 Å². The van der Waals surface area contributed by atoms with Crippen molar-refractivity contribution in [3.63, 3.8) is 0 Å². The molecule has 0 radical (unpaired) electrons. The zero-order chi connectivity index (χ0) is 23.7. The van der Waals surface area contributed by atoms with E-state index in [1.54, 1.807) is 36.5 Å². The first-order valence-corrected chi connectivity index (χ1v) is 11.2. The highest BCUT2D eigenvalue weighted by atomic mass is 16.6. The molecule has 11 heteroatoms. The van der Waals surface area contributed by atoms with Crippen LogP contribution in [0, 0.1) is 20.2 Å². The standard InChI is InChI=1S/C23H24N6O5/c30-28(31)19-5-6-21(23-18(19)2-1-7-24-23)26-10-8-25(9-11-26)17-3-4-20(29(32)33)22(16-17)27-12-14-34-15-13-27/h1-7,16H,8-15H2. The van der Waals surface area contributed by atoms with Crippen LogP contribution in [0.3, 0.4) is 0 Å². The van der Waals surface area contributed by atoms with Gasteiger partial charge in [0, 0.05) is 63.3 Å². The molecule has 0 spiro atoms. The molecule has 1 aromatic heterocycles. The molecule has 0 saturated carbocycles. The highest BCUT2D eigenvalue weighted by Gasteiger charge is 2.26. The van der Waals surface area contributed by atoms with Crippen LogP contribution in [-0.2, 0) is 4.74 Å². The summed E-state index contributed by atoms with van der Waals surface area (Å²) in [7, 11) is 0. The van der Waals surface area contributed by atoms with Crippen molar-refractivity contribution < 1.29 is 14.6 Å². The summed E-state index contributed by atoms with van der Waals surface area (Å²) in [4.78, 5) is 33.1. The van der Waals surface area contributed by atoms with E-state index >= 15 is 0 Å². The smallest absolute Gasteiger partial charge is 0.292 e. The molecule has 2 saturated heterocycles. The summed E-state index contributed by atoms with van der Waals surface area (Å²) in [6, 6.07) is 12.0. The Kier molecular flexibility index (Phi) is 5.84. The third-order valence-corrected chi connectivity index (χ3v) is 6.42. The number of piperazine rings is 1. The third-order valence-electron chi connectivity index (χ3n) is 6.42. The molecule has 3 heterocycles. The summed E-state index contributed by atoms with van der Waals surface area (Å²) >= 11 is 0. The van der Waals surface area contributed by atoms with Crippen LogP contribution in [0.25, 0.3) is 10.9 Å². The second kappa shape index (κ2) is 9.10. The van der Waals surface area contributed by atoms with Gasteiger partial charge in [0.25, 0.3) is 11.4 Å². The van der Waals surface area contributed by atoms with Gasteiger partial charge < -0.3 is 19.4 Å². The van der Waals surface area contributed by atoms with Crippen molar-refractivity contribution in [1.82, 2.24) is 4.98 Å². The number of aromatic nitrogens is 1. The quantitative estimate of drug-likeness (QED) is 0.414. The molecule has 0 N–H and O–H groups in total. The fourth-order valence-electron chi connectivity index (χ4n) is 4.68. The van der Waals surface area contributed by atoms with E-state index in [1.807, 2.05) is 11.0 Å². The van der Waals surface area contributed by atoms with Crippen LogP contribution in [0.1, 0.15) is 0 Å². The molecular formula is C23H24N6O5. The van der Waals surface area contributed by atoms with E-state index in [0.717, 1.165) is 11.4 Å². The number of nitrogens with zero attached hydrogens (tertiary/aromatic N) is 6. The number of fused-ring (bicyclic) bond motifs is 1. The minimum absolute atomic E-state index is 0.0482. The first kappa shape index (κ1) is 21.8. The number of anilines is 3. The summed E-state index contributed by atoms with van der Waals surface area (Å²) < 4.78 is 5.40. The predicted octanol–water partition coefficient (Wildman–Crippen LogP) is 3.21. The first-order valence-electron chi connectivity index (χ1n) is 11.2. The molecule has 0 bridgehead atoms. The van der Waals surface area contributed by atoms with E-state index in [-0.39, 0.29) is 21.2 Å². The third kappa shape index (κ3) is 4.05. The lowest BCUT2D eigenvalue weighted by Crippen LogP contribution is -2.46. The lowest BCUT2D eigenvalue weighted by atomic mass is 10.1. The van der Waals surface area contributed by atoms with Crippen LogP contribution in [0.5, 0.6) is 0 Å². The van der Waals surface area contributed by atoms with Gasteiger partial charge in [-0.15, -0.1) is 0 Å². The molecule has 0 unspecified atom stereocenters. The summed E-state index contributed by atoms with van der Waals surface area (Å²) in [6.07, 6.45) is 1.65. The van der Waals surface area contributed by atoms with Crippen LogP contribution in [-0.4, -0.2) is 67.3 Å². The maximum atomic E-state index is 11.6. The second-order valence-corrected chi connectivity index (χ2v) is 8.26. The van der Waals surface area contributed by atoms with Crippen molar-refractivity contribution in [3.8, 4) is 0 Å². The van der Waals surface area contributed by atoms with E-state index in [1.165, 1.54) is 6.07 Å². The van der Waals surface area contributed by atoms with Gasteiger partial charge in [-0.05, 0) is 30.3 Å². The molecule has 34 heavy (non-hydrogen) atoms. The molecule has 11 nitrogen and oxygen atoms in total. The molecule has 2 aliphatic heterocycles. The average molecular weight is 464 g/mol. The zero-order valence-electron chi connectivity index (χ0n) is 18.5. The monoisotopic (exact) mass is 464 g/mol. The number of nitro benzene ring substituents is 2. The Hall–Kier alpha value is -3.99. The molecule has 5 rings (SSSR count). The Bertz CT molecular complexity index is 1240. The number of pyridine rings is 1. The largest absolute Gasteiger partial charge is 0.378 e. The van der Waals surface area contributed by atoms with E-state index in [2.05, 4.69) is 14.8 Å². The molecule has 176 valence electrons. The summed E-state index contributed by atoms with van der Waals surface area (Å²) in [5, 5.41) is 23.5. The SMILES string of the molecule is O=[N+]([O-])c1ccc(N2CCN(c3ccc([N+](=O)[O-])c4cccnc34)CC2)cc1N1CCOCC1. The minimum Gasteiger partial charge on any atom is -0.378 e. The topological polar surface area (TPSA) is 118 Å². The number of non-ortho nitro benzene ring substituents is 1. The van der Waals surface area contributed by atoms with Crippen molar-refractivity contribution in [2.75, 3.05) is 67.2 Å². The minimum atomic E-state index is -0.383. The van der Waals surface area contributed by atoms with E-state index in [9.17, 15) is 20.2 Å². The van der Waals surface area contributed by atoms with Crippen LogP contribution >= 0.6 is 0 Å². The predicted molar refractivity (Wildman–Crippen MR) is 129 cm³/mol. The second-order valence-electron chi connectivity index (χ2n) is 8.26. The van der Waals surface area contributed by atoms with E-state index < -0.39 is 0 Å². The first-order chi connectivity index (χ1) is 16.5. The average Bonchev–Trinajstić information content (AvgIpc) is 2.88. The van der Waals surface area contributed by atoms with Crippen molar-refractivity contribution in [2.24, 2.45) is 0 Å². The lowest BCUT2D eigenvalue weighted by molar-refractivity contribution is -0.384. The van der Waals surface area contributed by atoms with Gasteiger partial charge in [-0.2, -0.15) is 0 Å². The van der Waals surface area contributed by atoms with E-state index in [4.69, 9.17) is 4.74 Å². The van der Waals surface area contributed by atoms with Crippen molar-refractivity contribution in [1.29, 1.82) is 0 Å². The van der Waals surface area contributed by atoms with Crippen molar-refractivity contribution >= 4 is 39.3 Å². The molecule has 0 atom stereocenters. The fraction of sp³-hybridized carbons (Fsp3) is 0.348. The Morgan fingerprint density at radius 3 is 2.12 bits per heavy atom. The van der Waals surface area contributed by atoms with Crippen LogP contribution in [0.4, 0.5) is 28.4 Å². The van der Waals surface area contributed by atoms with Gasteiger partial charge >= 0.3 is 0 Å². The van der Waals surface area contributed by atoms with Crippen LogP contribution < -0.4 is 14.7 Å². The number of hydrogen-bond acceptors (Lipinski definition) is 9. The maximum Gasteiger partial charge on any atom is 0.292 e. The zero-order valence-corrected chi connectivity index (χ0v) is 18.5. The summed E-state index contributed by atoms with van der Waals surface area (Å²) in [6.45, 7) is 5.18. The Balaban J connectivity index is 1.37. The molecule has 2 aliphatic rings. The summed E-state index contributed by atoms with van der Waals surface area (Å²) in [5.74, 6) is 0. The number of benzene rings is 2. The Morgan fingerprint density at radius 1 is 0.765 bits per heavy atom. The fourth-order valence-corrected chi connectivity index (χ4v) is 4.68. The number of rotatable bonds is 5. The van der Waals surface area contributed by atoms with Crippen molar-refractivity contribution in [3.05, 3.63) is 68.9 Å². The molecule has 2 aromatic carbocycles. The van der Waals surface area contributed by atoms with Crippen LogP contribution in [0.15, 0.2) is 48.7 Å². The summed E-state index contributed by atoms with van der Waals surface area (Å²) in [5.41, 5.74) is 3.21. The van der Waals surface area contributed by atoms with Crippen molar-refractivity contribution in [2.45, 2.75) is 0 Å². The molecule has 0 amide bonds. The maximum absolute atomic E-state index is 11.6. The molecule has 0 aliphatic carbocycles. The van der Waals surface area contributed by atoms with Gasteiger partial charge in [-0.3, -0.25) is 25.2 Å². The molecule has 2 fully saturated rings. The number of ether oxygens (including phenoxy) is 1. The highest BCUT2D eigenvalue weighted by Crippen LogP contribution is 2.35. The number of hydrogen-bond donors (Lipinski definition) is 0. The van der Waals surface area contributed by atoms with Gasteiger partial charge in [0.15, 0.2) is 0 Å². The lowest BCUT2D eigenvalue weighted by Gasteiger charge is -2.38. The van der Waals surface area contributed by atoms with Gasteiger partial charge in [-0.1, -0.05) is 0 Å². The number of morpholine rings is 1. The normalized spacial score (nSPS) is 16.6.